The number of hydrogen-bond acceptors (Lipinski definition) is 4. The van der Waals surface area contributed by atoms with Gasteiger partial charge in [-0.1, -0.05) is 6.92 Å². The highest BCUT2D eigenvalue weighted by Crippen LogP contribution is 2.28. The molecule has 2 atom stereocenters. The molecular weight excluding hydrogens is 178 g/mol. The summed E-state index contributed by atoms with van der Waals surface area (Å²) in [6.45, 7) is 1.65. The monoisotopic (exact) mass is 185 g/mol. The molecule has 0 bridgehead atoms. The van der Waals surface area contributed by atoms with Crippen LogP contribution in [0.5, 0.6) is 0 Å². The van der Waals surface area contributed by atoms with E-state index >= 15 is 0 Å². The zero-order valence-electron chi connectivity index (χ0n) is 6.84. The second-order valence-corrected chi connectivity index (χ2v) is 2.55. The van der Waals surface area contributed by atoms with Gasteiger partial charge in [-0.05, 0) is 6.42 Å². The number of nitro groups is 1. The molecule has 7 heteroatoms. The quantitative estimate of drug-likeness (QED) is 0.354. The third kappa shape index (κ3) is 1.41. The maximum Gasteiger partial charge on any atom is 0.430 e. The molecule has 1 heterocycles. The zero-order valence-corrected chi connectivity index (χ0v) is 6.84. The van der Waals surface area contributed by atoms with Crippen molar-refractivity contribution in [2.45, 2.75) is 19.6 Å². The highest BCUT2D eigenvalue weighted by molar-refractivity contribution is 5.58. The van der Waals surface area contributed by atoms with Crippen LogP contribution in [-0.4, -0.2) is 21.9 Å². The van der Waals surface area contributed by atoms with Gasteiger partial charge in [0.1, 0.15) is 0 Å². The molecule has 1 aliphatic rings. The Bertz CT molecular complexity index is 307. The fraction of sp³-hybridized carbons (Fsp3) is 0.667. The molecule has 0 saturated carbocycles. The molecule has 0 aliphatic carbocycles. The summed E-state index contributed by atoms with van der Waals surface area (Å²) in [6.07, 6.45) is -1.09. The zero-order chi connectivity index (χ0) is 10.0. The lowest BCUT2D eigenvalue weighted by molar-refractivity contribution is -0.805. The molecule has 1 fully saturated rings. The lowest BCUT2D eigenvalue weighted by Crippen LogP contribution is -2.25. The first kappa shape index (κ1) is 9.34. The Balaban J connectivity index is 3.01. The van der Waals surface area contributed by atoms with Gasteiger partial charge in [0.25, 0.3) is 4.92 Å². The van der Waals surface area contributed by atoms with Crippen molar-refractivity contribution in [3.8, 4) is 0 Å². The summed E-state index contributed by atoms with van der Waals surface area (Å²) < 4.78 is 0. The molecule has 1 rings (SSSR count). The Morgan fingerprint density at radius 2 is 2.46 bits per heavy atom. The first-order valence-electron chi connectivity index (χ1n) is 3.66. The van der Waals surface area contributed by atoms with Crippen molar-refractivity contribution in [3.63, 3.8) is 0 Å². The van der Waals surface area contributed by atoms with E-state index in [0.29, 0.717) is 6.42 Å². The minimum absolute atomic E-state index is 0.0678. The lowest BCUT2D eigenvalue weighted by atomic mass is 10.0. The number of rotatable bonds is 2. The minimum atomic E-state index is -1.42. The van der Waals surface area contributed by atoms with Gasteiger partial charge in [0.05, 0.1) is 9.83 Å². The smallest absolute Gasteiger partial charge is 0.430 e. The topological polar surface area (TPSA) is 94.8 Å². The van der Waals surface area contributed by atoms with Gasteiger partial charge in [0.2, 0.25) is 0 Å². The molecule has 0 radical (unpaired) electrons. The summed E-state index contributed by atoms with van der Waals surface area (Å²) in [7, 11) is 0. The van der Waals surface area contributed by atoms with Crippen molar-refractivity contribution in [1.29, 1.82) is 0 Å². The predicted molar refractivity (Wildman–Crippen MR) is 41.2 cm³/mol. The second-order valence-electron chi connectivity index (χ2n) is 2.55. The van der Waals surface area contributed by atoms with Crippen molar-refractivity contribution >= 4 is 5.87 Å². The second kappa shape index (κ2) is 3.32. The van der Waals surface area contributed by atoms with Gasteiger partial charge in [-0.15, -0.1) is 4.84 Å². The van der Waals surface area contributed by atoms with E-state index in [1.54, 1.807) is 12.8 Å². The average Bonchev–Trinajstić information content (AvgIpc) is 2.41. The molecule has 7 nitrogen and oxygen atoms in total. The van der Waals surface area contributed by atoms with Gasteiger partial charge in [0, 0.05) is 0 Å². The molecule has 70 valence electrons. The Morgan fingerprint density at radius 3 is 2.85 bits per heavy atom. The van der Waals surface area contributed by atoms with E-state index in [9.17, 15) is 15.0 Å². The van der Waals surface area contributed by atoms with Crippen molar-refractivity contribution in [2.75, 3.05) is 0 Å². The Labute approximate surface area is 73.2 Å². The fourth-order valence-electron chi connectivity index (χ4n) is 1.20. The van der Waals surface area contributed by atoms with Gasteiger partial charge in [-0.25, -0.2) is 0 Å². The molecule has 2 unspecified atom stereocenters. The van der Waals surface area contributed by atoms with Crippen LogP contribution >= 0.6 is 0 Å². The van der Waals surface area contributed by atoms with E-state index in [2.05, 4.69) is 4.84 Å². The van der Waals surface area contributed by atoms with E-state index in [0.717, 1.165) is 0 Å². The molecule has 1 saturated heterocycles. The molecule has 0 aromatic heterocycles. The first-order chi connectivity index (χ1) is 6.11. The molecule has 0 aromatic rings. The molecule has 13 heavy (non-hydrogen) atoms. The largest absolute Gasteiger partial charge is 0.758 e. The fourth-order valence-corrected chi connectivity index (χ4v) is 1.20. The lowest BCUT2D eigenvalue weighted by Gasteiger charge is -1.99. The van der Waals surface area contributed by atoms with Gasteiger partial charge < -0.3 is 5.41 Å². The van der Waals surface area contributed by atoms with Gasteiger partial charge in [-0.2, -0.15) is 5.87 Å². The van der Waals surface area contributed by atoms with Crippen molar-refractivity contribution in [1.82, 2.24) is 0 Å². The summed E-state index contributed by atoms with van der Waals surface area (Å²) in [5.74, 6) is 0.862. The van der Waals surface area contributed by atoms with E-state index in [-0.39, 0.29) is 10.6 Å². The maximum absolute atomic E-state index is 10.8. The Kier molecular flexibility index (Phi) is 2.39. The summed E-state index contributed by atoms with van der Waals surface area (Å²) >= 11 is 0. The van der Waals surface area contributed by atoms with E-state index < -0.39 is 17.1 Å². The van der Waals surface area contributed by atoms with Crippen LogP contribution in [0.15, 0.2) is 5.70 Å². The standard InChI is InChI=1S/C6H7N3O4/c1-2-4-5(3-7)9(12)13-6(4)8(10)11/h4,6H,2H2,1H3. The van der Waals surface area contributed by atoms with Crippen LogP contribution in [0.25, 0.3) is 5.41 Å². The Morgan fingerprint density at radius 1 is 1.85 bits per heavy atom. The summed E-state index contributed by atoms with van der Waals surface area (Å²) in [4.78, 5) is 24.8. The van der Waals surface area contributed by atoms with Crippen LogP contribution in [0.1, 0.15) is 13.3 Å². The summed E-state index contributed by atoms with van der Waals surface area (Å²) in [6, 6.07) is 0. The van der Waals surface area contributed by atoms with Crippen LogP contribution in [-0.2, 0) is 4.84 Å². The van der Waals surface area contributed by atoms with Gasteiger partial charge in [0.15, 0.2) is 5.92 Å². The molecule has 1 aliphatic heterocycles. The Hall–Kier alpha value is -1.75. The molecular formula is C6H7N3O4. The van der Waals surface area contributed by atoms with E-state index in [4.69, 9.17) is 5.41 Å². The minimum Gasteiger partial charge on any atom is -0.758 e. The number of hydrogen-bond donors (Lipinski definition) is 0. The van der Waals surface area contributed by atoms with Crippen molar-refractivity contribution in [3.05, 3.63) is 26.1 Å². The third-order valence-electron chi connectivity index (χ3n) is 1.86. The molecule has 0 aromatic carbocycles. The predicted octanol–water partition coefficient (Wildman–Crippen LogP) is 0.463. The van der Waals surface area contributed by atoms with Crippen LogP contribution in [0.2, 0.25) is 0 Å². The molecule has 0 N–H and O–H groups in total. The van der Waals surface area contributed by atoms with Crippen molar-refractivity contribution in [2.24, 2.45) is 5.92 Å². The maximum atomic E-state index is 10.8. The van der Waals surface area contributed by atoms with Crippen LogP contribution < -0.4 is 0 Å². The summed E-state index contributed by atoms with van der Waals surface area (Å²) in [5, 5.41) is 18.9. The normalized spacial score (nSPS) is 26.8. The SMILES string of the molecule is CCC1C(=C=[N-])[N+](=O)OC1[N+](=O)[O-]. The van der Waals surface area contributed by atoms with Crippen LogP contribution in [0, 0.1) is 20.9 Å². The average molecular weight is 185 g/mol. The van der Waals surface area contributed by atoms with Gasteiger partial charge in [-0.3, -0.25) is 10.1 Å². The van der Waals surface area contributed by atoms with Crippen LogP contribution in [0.4, 0.5) is 0 Å². The summed E-state index contributed by atoms with van der Waals surface area (Å²) in [5.41, 5.74) is -0.232. The van der Waals surface area contributed by atoms with E-state index in [1.807, 2.05) is 0 Å². The third-order valence-corrected chi connectivity index (χ3v) is 1.86. The van der Waals surface area contributed by atoms with Crippen molar-refractivity contribution < 1.29 is 14.7 Å². The van der Waals surface area contributed by atoms with E-state index in [1.165, 1.54) is 0 Å². The molecule has 0 spiro atoms. The van der Waals surface area contributed by atoms with Gasteiger partial charge >= 0.3 is 11.9 Å². The van der Waals surface area contributed by atoms with Crippen LogP contribution in [0.3, 0.4) is 0 Å². The number of nitrogens with zero attached hydrogens (tertiary/aromatic N) is 3. The highest BCUT2D eigenvalue weighted by atomic mass is 16.8. The highest BCUT2D eigenvalue weighted by Gasteiger charge is 2.54. The first-order valence-corrected chi connectivity index (χ1v) is 3.66. The molecule has 0 amide bonds.